The van der Waals surface area contributed by atoms with E-state index >= 15 is 0 Å². The van der Waals surface area contributed by atoms with Crippen LogP contribution in [0.3, 0.4) is 0 Å². The van der Waals surface area contributed by atoms with Crippen molar-refractivity contribution in [3.8, 4) is 5.75 Å². The Morgan fingerprint density at radius 1 is 1.09 bits per heavy atom. The van der Waals surface area contributed by atoms with Gasteiger partial charge in [0.05, 0.1) is 18.2 Å². The zero-order valence-corrected chi connectivity index (χ0v) is 20.3. The second kappa shape index (κ2) is 10.6. The molecule has 1 aliphatic heterocycles. The summed E-state index contributed by atoms with van der Waals surface area (Å²) in [4.78, 5) is 32.0. The smallest absolute Gasteiger partial charge is 0.295 e. The highest BCUT2D eigenvalue weighted by atomic mass is 16.5. The number of aryl methyl sites for hydroxylation is 2. The van der Waals surface area contributed by atoms with E-state index in [0.29, 0.717) is 12.2 Å². The number of ketones is 1. The average molecular weight is 471 g/mol. The van der Waals surface area contributed by atoms with E-state index < -0.39 is 17.7 Å². The standard InChI is InChI=1S/C29H30N2O4/c1-4-5-15-35-24-13-12-23(16-20(24)3)27(32)25-26(22-10-8-19(2)9-11-22)31(29(34)28(25)33)18-21-7-6-14-30-17-21/h6-14,16-17,26,32H,4-5,15,18H2,1-3H3/t26-/m0/s1. The molecule has 1 aliphatic rings. The van der Waals surface area contributed by atoms with Crippen molar-refractivity contribution in [3.63, 3.8) is 0 Å². The zero-order chi connectivity index (χ0) is 24.9. The molecule has 2 heterocycles. The average Bonchev–Trinajstić information content (AvgIpc) is 3.10. The number of likely N-dealkylation sites (tertiary alicyclic amines) is 1. The van der Waals surface area contributed by atoms with Crippen LogP contribution in [0.15, 0.2) is 72.6 Å². The van der Waals surface area contributed by atoms with Crippen molar-refractivity contribution >= 4 is 17.4 Å². The molecule has 0 bridgehead atoms. The summed E-state index contributed by atoms with van der Waals surface area (Å²) in [6.45, 7) is 6.80. The highest BCUT2D eigenvalue weighted by Crippen LogP contribution is 2.40. The number of unbranched alkanes of at least 4 members (excludes halogenated alkanes) is 1. The molecular weight excluding hydrogens is 440 g/mol. The molecule has 180 valence electrons. The summed E-state index contributed by atoms with van der Waals surface area (Å²) in [5.41, 5.74) is 4.03. The number of Topliss-reactive ketones (excluding diaryl/α,β-unsaturated/α-hetero) is 1. The number of rotatable bonds is 8. The van der Waals surface area contributed by atoms with Crippen LogP contribution in [0.1, 0.15) is 53.6 Å². The van der Waals surface area contributed by atoms with Crippen LogP contribution in [-0.2, 0) is 16.1 Å². The predicted octanol–water partition coefficient (Wildman–Crippen LogP) is 5.50. The van der Waals surface area contributed by atoms with Gasteiger partial charge in [-0.05, 0) is 61.2 Å². The van der Waals surface area contributed by atoms with Gasteiger partial charge < -0.3 is 14.7 Å². The molecule has 1 saturated heterocycles. The first-order valence-electron chi connectivity index (χ1n) is 11.9. The zero-order valence-electron chi connectivity index (χ0n) is 20.3. The summed E-state index contributed by atoms with van der Waals surface area (Å²) in [7, 11) is 0. The lowest BCUT2D eigenvalue weighted by molar-refractivity contribution is -0.140. The first-order valence-corrected chi connectivity index (χ1v) is 11.9. The second-order valence-corrected chi connectivity index (χ2v) is 8.88. The number of ether oxygens (including phenoxy) is 1. The summed E-state index contributed by atoms with van der Waals surface area (Å²) in [5.74, 6) is -0.789. The molecule has 35 heavy (non-hydrogen) atoms. The van der Waals surface area contributed by atoms with Crippen molar-refractivity contribution in [2.24, 2.45) is 0 Å². The van der Waals surface area contributed by atoms with E-state index in [1.165, 1.54) is 4.90 Å². The number of pyridine rings is 1. The topological polar surface area (TPSA) is 79.7 Å². The van der Waals surface area contributed by atoms with Crippen LogP contribution in [0.2, 0.25) is 0 Å². The SMILES string of the molecule is CCCCOc1ccc(C(O)=C2C(=O)C(=O)N(Cc3cccnc3)[C@H]2c2ccc(C)cc2)cc1C. The first-order chi connectivity index (χ1) is 16.9. The Hall–Kier alpha value is -3.93. The highest BCUT2D eigenvalue weighted by Gasteiger charge is 2.46. The largest absolute Gasteiger partial charge is 0.507 e. The lowest BCUT2D eigenvalue weighted by Gasteiger charge is -2.25. The van der Waals surface area contributed by atoms with Gasteiger partial charge >= 0.3 is 0 Å². The number of carbonyl (C=O) groups is 2. The summed E-state index contributed by atoms with van der Waals surface area (Å²) in [5, 5.41) is 11.3. The first kappa shape index (κ1) is 24.2. The van der Waals surface area contributed by atoms with Crippen LogP contribution in [-0.4, -0.2) is 33.3 Å². The van der Waals surface area contributed by atoms with E-state index in [1.807, 2.05) is 44.2 Å². The quantitative estimate of drug-likeness (QED) is 0.204. The molecule has 0 aliphatic carbocycles. The van der Waals surface area contributed by atoms with E-state index in [-0.39, 0.29) is 17.9 Å². The molecule has 6 heteroatoms. The molecule has 0 radical (unpaired) electrons. The number of carbonyl (C=O) groups excluding carboxylic acids is 2. The molecule has 2 aromatic carbocycles. The van der Waals surface area contributed by atoms with E-state index in [2.05, 4.69) is 11.9 Å². The summed E-state index contributed by atoms with van der Waals surface area (Å²) in [6.07, 6.45) is 5.33. The maximum absolute atomic E-state index is 13.2. The number of aliphatic hydroxyl groups excluding tert-OH is 1. The molecule has 1 amide bonds. The van der Waals surface area contributed by atoms with Gasteiger partial charge in [0.2, 0.25) is 0 Å². The van der Waals surface area contributed by atoms with Crippen LogP contribution in [0.5, 0.6) is 5.75 Å². The van der Waals surface area contributed by atoms with Crippen LogP contribution in [0.25, 0.3) is 5.76 Å². The summed E-state index contributed by atoms with van der Waals surface area (Å²) >= 11 is 0. The molecule has 6 nitrogen and oxygen atoms in total. The third-order valence-corrected chi connectivity index (χ3v) is 6.21. The van der Waals surface area contributed by atoms with Gasteiger partial charge in [0.15, 0.2) is 0 Å². The number of hydrogen-bond donors (Lipinski definition) is 1. The fourth-order valence-corrected chi connectivity index (χ4v) is 4.27. The fourth-order valence-electron chi connectivity index (χ4n) is 4.27. The summed E-state index contributed by atoms with van der Waals surface area (Å²) < 4.78 is 5.83. The number of amides is 1. The second-order valence-electron chi connectivity index (χ2n) is 8.88. The maximum Gasteiger partial charge on any atom is 0.295 e. The van der Waals surface area contributed by atoms with Crippen LogP contribution in [0.4, 0.5) is 0 Å². The van der Waals surface area contributed by atoms with E-state index in [4.69, 9.17) is 4.74 Å². The highest BCUT2D eigenvalue weighted by molar-refractivity contribution is 6.46. The minimum absolute atomic E-state index is 0.0850. The van der Waals surface area contributed by atoms with Gasteiger partial charge in [-0.25, -0.2) is 0 Å². The van der Waals surface area contributed by atoms with Gasteiger partial charge in [-0.15, -0.1) is 0 Å². The van der Waals surface area contributed by atoms with Crippen molar-refractivity contribution in [1.29, 1.82) is 0 Å². The normalized spacial score (nSPS) is 17.1. The molecule has 1 atom stereocenters. The Kier molecular flexibility index (Phi) is 7.30. The van der Waals surface area contributed by atoms with Gasteiger partial charge in [-0.2, -0.15) is 0 Å². The molecule has 3 aromatic rings. The minimum Gasteiger partial charge on any atom is -0.507 e. The van der Waals surface area contributed by atoms with Gasteiger partial charge in [-0.1, -0.05) is 49.2 Å². The molecule has 1 aromatic heterocycles. The number of aromatic nitrogens is 1. The third-order valence-electron chi connectivity index (χ3n) is 6.21. The van der Waals surface area contributed by atoms with Crippen LogP contribution >= 0.6 is 0 Å². The van der Waals surface area contributed by atoms with Gasteiger partial charge in [0.25, 0.3) is 11.7 Å². The number of benzene rings is 2. The number of nitrogens with zero attached hydrogens (tertiary/aromatic N) is 2. The Morgan fingerprint density at radius 2 is 1.86 bits per heavy atom. The minimum atomic E-state index is -0.711. The van der Waals surface area contributed by atoms with E-state index in [0.717, 1.165) is 40.8 Å². The molecular formula is C29H30N2O4. The lowest BCUT2D eigenvalue weighted by Crippen LogP contribution is -2.29. The van der Waals surface area contributed by atoms with Gasteiger partial charge in [0.1, 0.15) is 11.5 Å². The fraction of sp³-hybridized carbons (Fsp3) is 0.276. The van der Waals surface area contributed by atoms with Gasteiger partial charge in [-0.3, -0.25) is 14.6 Å². The monoisotopic (exact) mass is 470 g/mol. The Labute approximate surface area is 205 Å². The molecule has 0 unspecified atom stereocenters. The van der Waals surface area contributed by atoms with Crippen molar-refractivity contribution in [1.82, 2.24) is 9.88 Å². The molecule has 1 N–H and O–H groups in total. The van der Waals surface area contributed by atoms with E-state index in [9.17, 15) is 14.7 Å². The number of aliphatic hydroxyl groups is 1. The Bertz CT molecular complexity index is 1250. The van der Waals surface area contributed by atoms with Crippen molar-refractivity contribution in [3.05, 3.63) is 100 Å². The lowest BCUT2D eigenvalue weighted by atomic mass is 9.94. The van der Waals surface area contributed by atoms with Crippen molar-refractivity contribution in [2.75, 3.05) is 6.61 Å². The molecule has 0 saturated carbocycles. The maximum atomic E-state index is 13.2. The van der Waals surface area contributed by atoms with Crippen molar-refractivity contribution < 1.29 is 19.4 Å². The van der Waals surface area contributed by atoms with Crippen LogP contribution < -0.4 is 4.74 Å². The molecule has 1 fully saturated rings. The molecule has 4 rings (SSSR count). The molecule has 0 spiro atoms. The Balaban J connectivity index is 1.77. The summed E-state index contributed by atoms with van der Waals surface area (Å²) in [6, 6.07) is 15.9. The predicted molar refractivity (Wildman–Crippen MR) is 135 cm³/mol. The number of hydrogen-bond acceptors (Lipinski definition) is 5. The van der Waals surface area contributed by atoms with E-state index in [1.54, 1.807) is 36.7 Å². The van der Waals surface area contributed by atoms with Gasteiger partial charge in [0, 0.05) is 24.5 Å². The van der Waals surface area contributed by atoms with Crippen molar-refractivity contribution in [2.45, 2.75) is 46.2 Å². The Morgan fingerprint density at radius 3 is 2.51 bits per heavy atom. The van der Waals surface area contributed by atoms with Crippen LogP contribution in [0, 0.1) is 13.8 Å². The third kappa shape index (κ3) is 5.11.